The van der Waals surface area contributed by atoms with Crippen LogP contribution in [0.4, 0.5) is 0 Å². The first-order valence-electron chi connectivity index (χ1n) is 3.61. The standard InChI is InChI=1S/C7H7NO5/c1-4(9)7(12)13-8-5(10)2-3-6(8)11/h2-3H2,1H3. The van der Waals surface area contributed by atoms with Crippen LogP contribution >= 0.6 is 0 Å². The molecule has 6 nitrogen and oxygen atoms in total. The normalized spacial score (nSPS) is 16.2. The van der Waals surface area contributed by atoms with E-state index in [1.807, 2.05) is 0 Å². The number of imide groups is 1. The average molecular weight is 185 g/mol. The number of nitrogens with zero attached hydrogens (tertiary/aromatic N) is 1. The predicted molar refractivity (Wildman–Crippen MR) is 37.9 cm³/mol. The quantitative estimate of drug-likeness (QED) is 0.415. The van der Waals surface area contributed by atoms with Crippen molar-refractivity contribution >= 4 is 23.6 Å². The molecule has 1 rings (SSSR count). The van der Waals surface area contributed by atoms with Crippen molar-refractivity contribution in [3.05, 3.63) is 0 Å². The molecule has 0 aliphatic carbocycles. The number of hydroxylamine groups is 2. The van der Waals surface area contributed by atoms with Crippen molar-refractivity contribution in [2.75, 3.05) is 0 Å². The first-order valence-corrected chi connectivity index (χ1v) is 3.61. The minimum absolute atomic E-state index is 0.0179. The maximum Gasteiger partial charge on any atom is 0.399 e. The Bertz CT molecular complexity index is 279. The van der Waals surface area contributed by atoms with Crippen LogP contribution in [0.15, 0.2) is 0 Å². The Balaban J connectivity index is 2.63. The number of hydrogen-bond donors (Lipinski definition) is 0. The van der Waals surface area contributed by atoms with Crippen molar-refractivity contribution in [1.29, 1.82) is 0 Å². The molecule has 6 heteroatoms. The fraction of sp³-hybridized carbons (Fsp3) is 0.429. The summed E-state index contributed by atoms with van der Waals surface area (Å²) in [5.74, 6) is -3.25. The monoisotopic (exact) mass is 185 g/mol. The van der Waals surface area contributed by atoms with Crippen LogP contribution in [-0.4, -0.2) is 28.6 Å². The maximum absolute atomic E-state index is 10.9. The fourth-order valence-electron chi connectivity index (χ4n) is 0.805. The highest BCUT2D eigenvalue weighted by Crippen LogP contribution is 2.11. The van der Waals surface area contributed by atoms with Crippen LogP contribution in [0.1, 0.15) is 19.8 Å². The van der Waals surface area contributed by atoms with Gasteiger partial charge in [-0.3, -0.25) is 14.4 Å². The van der Waals surface area contributed by atoms with Crippen LogP contribution in [-0.2, 0) is 24.0 Å². The summed E-state index contributed by atoms with van der Waals surface area (Å²) in [5, 5.41) is 0.337. The van der Waals surface area contributed by atoms with E-state index in [0.717, 1.165) is 6.92 Å². The highest BCUT2D eigenvalue weighted by Gasteiger charge is 2.33. The molecule has 1 fully saturated rings. The SMILES string of the molecule is CC(=O)C(=O)ON1C(=O)CCC1=O. The van der Waals surface area contributed by atoms with E-state index >= 15 is 0 Å². The Labute approximate surface area is 73.4 Å². The van der Waals surface area contributed by atoms with Crippen LogP contribution in [0.2, 0.25) is 0 Å². The number of amides is 2. The van der Waals surface area contributed by atoms with E-state index in [9.17, 15) is 19.2 Å². The lowest BCUT2D eigenvalue weighted by Crippen LogP contribution is -2.34. The molecule has 0 aromatic rings. The van der Waals surface area contributed by atoms with Crippen LogP contribution in [0, 0.1) is 0 Å². The average Bonchev–Trinajstić information content (AvgIpc) is 2.35. The number of ketones is 1. The van der Waals surface area contributed by atoms with Gasteiger partial charge in [-0.2, -0.15) is 0 Å². The van der Waals surface area contributed by atoms with E-state index in [0.29, 0.717) is 5.06 Å². The molecular formula is C7H7NO5. The third kappa shape index (κ3) is 1.90. The van der Waals surface area contributed by atoms with Gasteiger partial charge < -0.3 is 4.84 Å². The van der Waals surface area contributed by atoms with E-state index < -0.39 is 23.6 Å². The predicted octanol–water partition coefficient (Wildman–Crippen LogP) is -0.817. The molecule has 1 heterocycles. The highest BCUT2D eigenvalue weighted by atomic mass is 16.7. The van der Waals surface area contributed by atoms with Gasteiger partial charge in [0.05, 0.1) is 0 Å². The second-order valence-corrected chi connectivity index (χ2v) is 2.52. The van der Waals surface area contributed by atoms with Crippen LogP contribution in [0.25, 0.3) is 0 Å². The Morgan fingerprint density at radius 3 is 2.08 bits per heavy atom. The lowest BCUT2D eigenvalue weighted by molar-refractivity contribution is -0.197. The molecule has 0 saturated carbocycles. The molecule has 0 bridgehead atoms. The van der Waals surface area contributed by atoms with Crippen molar-refractivity contribution in [2.24, 2.45) is 0 Å². The van der Waals surface area contributed by atoms with Gasteiger partial charge in [0.15, 0.2) is 0 Å². The summed E-state index contributed by atoms with van der Waals surface area (Å²) in [6.07, 6.45) is 0.0358. The molecule has 1 aliphatic rings. The summed E-state index contributed by atoms with van der Waals surface area (Å²) in [6.45, 7) is 0.993. The van der Waals surface area contributed by atoms with Gasteiger partial charge >= 0.3 is 5.97 Å². The molecule has 0 aromatic carbocycles. The zero-order chi connectivity index (χ0) is 10.0. The molecule has 0 unspecified atom stereocenters. The van der Waals surface area contributed by atoms with Crippen molar-refractivity contribution in [3.8, 4) is 0 Å². The van der Waals surface area contributed by atoms with Crippen molar-refractivity contribution in [1.82, 2.24) is 5.06 Å². The zero-order valence-electron chi connectivity index (χ0n) is 6.90. The molecule has 0 N–H and O–H groups in total. The Morgan fingerprint density at radius 1 is 1.23 bits per heavy atom. The first-order chi connectivity index (χ1) is 6.02. The third-order valence-electron chi connectivity index (χ3n) is 1.47. The molecule has 70 valence electrons. The molecule has 0 atom stereocenters. The van der Waals surface area contributed by atoms with E-state index in [2.05, 4.69) is 4.84 Å². The Hall–Kier alpha value is -1.72. The molecular weight excluding hydrogens is 178 g/mol. The smallest absolute Gasteiger partial charge is 0.322 e. The minimum Gasteiger partial charge on any atom is -0.322 e. The summed E-state index contributed by atoms with van der Waals surface area (Å²) >= 11 is 0. The summed E-state index contributed by atoms with van der Waals surface area (Å²) in [5.41, 5.74) is 0. The Kier molecular flexibility index (Phi) is 2.41. The van der Waals surface area contributed by atoms with Gasteiger partial charge in [-0.1, -0.05) is 0 Å². The first kappa shape index (κ1) is 9.37. The van der Waals surface area contributed by atoms with Crippen LogP contribution in [0.3, 0.4) is 0 Å². The van der Waals surface area contributed by atoms with Gasteiger partial charge in [0.2, 0.25) is 5.78 Å². The van der Waals surface area contributed by atoms with Gasteiger partial charge in [-0.05, 0) is 0 Å². The summed E-state index contributed by atoms with van der Waals surface area (Å²) in [7, 11) is 0. The van der Waals surface area contributed by atoms with Gasteiger partial charge in [0.1, 0.15) is 0 Å². The zero-order valence-corrected chi connectivity index (χ0v) is 6.90. The number of carbonyl (C=O) groups excluding carboxylic acids is 4. The molecule has 0 aromatic heterocycles. The molecule has 1 aliphatic heterocycles. The van der Waals surface area contributed by atoms with Crippen LogP contribution < -0.4 is 0 Å². The van der Waals surface area contributed by atoms with E-state index in [4.69, 9.17) is 0 Å². The summed E-state index contributed by atoms with van der Waals surface area (Å²) in [6, 6.07) is 0. The number of hydrogen-bond acceptors (Lipinski definition) is 5. The number of Topliss-reactive ketones (excluding diaryl/α,β-unsaturated/α-hetero) is 1. The molecule has 0 radical (unpaired) electrons. The van der Waals surface area contributed by atoms with Crippen LogP contribution in [0.5, 0.6) is 0 Å². The summed E-state index contributed by atoms with van der Waals surface area (Å²) < 4.78 is 0. The largest absolute Gasteiger partial charge is 0.399 e. The third-order valence-corrected chi connectivity index (χ3v) is 1.47. The maximum atomic E-state index is 10.9. The molecule has 2 amide bonds. The minimum atomic E-state index is -1.20. The highest BCUT2D eigenvalue weighted by molar-refractivity contribution is 6.32. The summed E-state index contributed by atoms with van der Waals surface area (Å²) in [4.78, 5) is 47.1. The second kappa shape index (κ2) is 3.34. The molecule has 1 saturated heterocycles. The van der Waals surface area contributed by atoms with Crippen molar-refractivity contribution in [2.45, 2.75) is 19.8 Å². The Morgan fingerprint density at radius 2 is 1.69 bits per heavy atom. The van der Waals surface area contributed by atoms with Gasteiger partial charge in [0, 0.05) is 19.8 Å². The van der Waals surface area contributed by atoms with E-state index in [-0.39, 0.29) is 12.8 Å². The van der Waals surface area contributed by atoms with Gasteiger partial charge in [-0.25, -0.2) is 4.79 Å². The van der Waals surface area contributed by atoms with Gasteiger partial charge in [0.25, 0.3) is 11.8 Å². The van der Waals surface area contributed by atoms with Crippen molar-refractivity contribution < 1.29 is 24.0 Å². The van der Waals surface area contributed by atoms with Gasteiger partial charge in [-0.15, -0.1) is 5.06 Å². The molecule has 0 spiro atoms. The molecule has 13 heavy (non-hydrogen) atoms. The lowest BCUT2D eigenvalue weighted by Gasteiger charge is -2.10. The number of carbonyl (C=O) groups is 4. The van der Waals surface area contributed by atoms with Crippen molar-refractivity contribution in [3.63, 3.8) is 0 Å². The van der Waals surface area contributed by atoms with E-state index in [1.54, 1.807) is 0 Å². The second-order valence-electron chi connectivity index (χ2n) is 2.52. The number of rotatable bonds is 2. The lowest BCUT2D eigenvalue weighted by atomic mass is 10.4. The topological polar surface area (TPSA) is 80.8 Å². The van der Waals surface area contributed by atoms with E-state index in [1.165, 1.54) is 0 Å². The fourth-order valence-corrected chi connectivity index (χ4v) is 0.805.